The molecule has 3 aromatic rings. The van der Waals surface area contributed by atoms with E-state index in [1.54, 1.807) is 18.5 Å². The van der Waals surface area contributed by atoms with Gasteiger partial charge in [-0.3, -0.25) is 9.48 Å². The van der Waals surface area contributed by atoms with Crippen molar-refractivity contribution in [3.05, 3.63) is 48.6 Å². The molecule has 1 N–H and O–H groups in total. The van der Waals surface area contributed by atoms with Gasteiger partial charge in [-0.1, -0.05) is 13.8 Å². The molecule has 0 radical (unpaired) electrons. The highest BCUT2D eigenvalue weighted by molar-refractivity contribution is 5.92. The van der Waals surface area contributed by atoms with Gasteiger partial charge in [0.15, 0.2) is 11.6 Å². The molecule has 8 nitrogen and oxygen atoms in total. The minimum absolute atomic E-state index is 0.0526. The summed E-state index contributed by atoms with van der Waals surface area (Å²) in [5, 5.41) is 15.4. The monoisotopic (exact) mass is 380 g/mol. The Hall–Kier alpha value is -3.16. The smallest absolute Gasteiger partial charge is 0.287 e. The Morgan fingerprint density at radius 2 is 2.25 bits per heavy atom. The standard InChI is InChI=1S/C20H24N6O2/c1-14(2)11-26-12-15(10-22-26)17-5-6-18(28-17)20(27)23-16-7-9-25(13-16)19-4-3-8-21-24-19/h3-6,8,10,12,14,16H,7,9,11,13H2,1-2H3,(H,23,27)/t16-/m0/s1. The SMILES string of the molecule is CC(C)Cn1cc(-c2ccc(C(=O)N[C@H]3CCN(c4cccnn4)C3)o2)cn1. The molecule has 1 aliphatic rings. The van der Waals surface area contributed by atoms with E-state index in [9.17, 15) is 4.79 Å². The van der Waals surface area contributed by atoms with Crippen LogP contribution < -0.4 is 10.2 Å². The Morgan fingerprint density at radius 3 is 3.04 bits per heavy atom. The molecule has 1 fully saturated rings. The molecule has 1 atom stereocenters. The summed E-state index contributed by atoms with van der Waals surface area (Å²) in [6.45, 7) is 6.68. The summed E-state index contributed by atoms with van der Waals surface area (Å²) < 4.78 is 7.66. The summed E-state index contributed by atoms with van der Waals surface area (Å²) in [4.78, 5) is 14.7. The first-order valence-corrected chi connectivity index (χ1v) is 9.54. The molecule has 0 spiro atoms. The fourth-order valence-corrected chi connectivity index (χ4v) is 3.38. The molecule has 0 saturated carbocycles. The van der Waals surface area contributed by atoms with Crippen LogP contribution in [-0.2, 0) is 6.54 Å². The van der Waals surface area contributed by atoms with E-state index in [0.717, 1.165) is 30.9 Å². The predicted octanol–water partition coefficient (Wildman–Crippen LogP) is 2.60. The number of aromatic nitrogens is 4. The van der Waals surface area contributed by atoms with Crippen molar-refractivity contribution < 1.29 is 9.21 Å². The quantitative estimate of drug-likeness (QED) is 0.707. The molecule has 4 heterocycles. The Balaban J connectivity index is 1.36. The average molecular weight is 380 g/mol. The molecule has 0 aliphatic carbocycles. The van der Waals surface area contributed by atoms with Gasteiger partial charge in [-0.25, -0.2) is 0 Å². The minimum Gasteiger partial charge on any atom is -0.451 e. The van der Waals surface area contributed by atoms with Crippen LogP contribution in [0, 0.1) is 5.92 Å². The molecular weight excluding hydrogens is 356 g/mol. The van der Waals surface area contributed by atoms with Gasteiger partial charge >= 0.3 is 0 Å². The van der Waals surface area contributed by atoms with Gasteiger partial charge in [0, 0.05) is 38.1 Å². The van der Waals surface area contributed by atoms with E-state index >= 15 is 0 Å². The Morgan fingerprint density at radius 1 is 1.36 bits per heavy atom. The summed E-state index contributed by atoms with van der Waals surface area (Å²) >= 11 is 0. The number of nitrogens with one attached hydrogen (secondary N) is 1. The molecule has 1 aliphatic heterocycles. The molecule has 1 amide bonds. The normalized spacial score (nSPS) is 16.7. The number of hydrogen-bond acceptors (Lipinski definition) is 6. The zero-order valence-corrected chi connectivity index (χ0v) is 16.1. The van der Waals surface area contributed by atoms with Crippen LogP contribution in [0.3, 0.4) is 0 Å². The van der Waals surface area contributed by atoms with Gasteiger partial charge in [-0.2, -0.15) is 10.2 Å². The maximum Gasteiger partial charge on any atom is 0.287 e. The van der Waals surface area contributed by atoms with Crippen LogP contribution in [0.4, 0.5) is 5.82 Å². The van der Waals surface area contributed by atoms with Gasteiger partial charge in [0.05, 0.1) is 11.8 Å². The van der Waals surface area contributed by atoms with E-state index in [1.807, 2.05) is 29.1 Å². The van der Waals surface area contributed by atoms with Crippen molar-refractivity contribution in [3.63, 3.8) is 0 Å². The van der Waals surface area contributed by atoms with Gasteiger partial charge in [-0.15, -0.1) is 5.10 Å². The van der Waals surface area contributed by atoms with Crippen molar-refractivity contribution in [3.8, 4) is 11.3 Å². The van der Waals surface area contributed by atoms with Crippen molar-refractivity contribution in [2.75, 3.05) is 18.0 Å². The highest BCUT2D eigenvalue weighted by atomic mass is 16.4. The van der Waals surface area contributed by atoms with Crippen LogP contribution >= 0.6 is 0 Å². The van der Waals surface area contributed by atoms with Crippen molar-refractivity contribution >= 4 is 11.7 Å². The highest BCUT2D eigenvalue weighted by Crippen LogP contribution is 2.23. The topological polar surface area (TPSA) is 89.1 Å². The first-order valence-electron chi connectivity index (χ1n) is 9.54. The van der Waals surface area contributed by atoms with Crippen LogP contribution in [0.25, 0.3) is 11.3 Å². The molecule has 0 unspecified atom stereocenters. The number of rotatable bonds is 6. The van der Waals surface area contributed by atoms with Crippen LogP contribution in [0.1, 0.15) is 30.8 Å². The van der Waals surface area contributed by atoms with Gasteiger partial charge in [-0.05, 0) is 36.6 Å². The van der Waals surface area contributed by atoms with Gasteiger partial charge in [0.1, 0.15) is 5.76 Å². The maximum absolute atomic E-state index is 12.6. The molecule has 0 aromatic carbocycles. The molecule has 4 rings (SSSR count). The van der Waals surface area contributed by atoms with Crippen LogP contribution in [0.2, 0.25) is 0 Å². The maximum atomic E-state index is 12.6. The largest absolute Gasteiger partial charge is 0.451 e. The van der Waals surface area contributed by atoms with E-state index in [-0.39, 0.29) is 11.9 Å². The van der Waals surface area contributed by atoms with Gasteiger partial charge in [0.25, 0.3) is 5.91 Å². The number of carbonyl (C=O) groups is 1. The number of anilines is 1. The number of hydrogen-bond donors (Lipinski definition) is 1. The van der Waals surface area contributed by atoms with Crippen LogP contribution in [-0.4, -0.2) is 45.0 Å². The number of furan rings is 1. The van der Waals surface area contributed by atoms with Crippen molar-refractivity contribution in [1.29, 1.82) is 0 Å². The van der Waals surface area contributed by atoms with Gasteiger partial charge in [0.2, 0.25) is 0 Å². The number of carbonyl (C=O) groups excluding carboxylic acids is 1. The summed E-state index contributed by atoms with van der Waals surface area (Å²) in [7, 11) is 0. The van der Waals surface area contributed by atoms with Crippen LogP contribution in [0.15, 0.2) is 47.3 Å². The lowest BCUT2D eigenvalue weighted by atomic mass is 10.2. The summed E-state index contributed by atoms with van der Waals surface area (Å²) in [5.41, 5.74) is 0.870. The van der Waals surface area contributed by atoms with E-state index in [0.29, 0.717) is 24.0 Å². The second kappa shape index (κ2) is 7.84. The van der Waals surface area contributed by atoms with Crippen molar-refractivity contribution in [2.24, 2.45) is 5.92 Å². The molecule has 8 heteroatoms. The fourth-order valence-electron chi connectivity index (χ4n) is 3.38. The molecule has 1 saturated heterocycles. The summed E-state index contributed by atoms with van der Waals surface area (Å²) in [6, 6.07) is 7.36. The van der Waals surface area contributed by atoms with E-state index in [1.165, 1.54) is 0 Å². The highest BCUT2D eigenvalue weighted by Gasteiger charge is 2.26. The second-order valence-electron chi connectivity index (χ2n) is 7.50. The Kier molecular flexibility index (Phi) is 5.10. The first kappa shape index (κ1) is 18.2. The fraction of sp³-hybridized carbons (Fsp3) is 0.400. The van der Waals surface area contributed by atoms with Crippen LogP contribution in [0.5, 0.6) is 0 Å². The van der Waals surface area contributed by atoms with E-state index < -0.39 is 0 Å². The zero-order chi connectivity index (χ0) is 19.5. The molecule has 28 heavy (non-hydrogen) atoms. The van der Waals surface area contributed by atoms with E-state index in [4.69, 9.17) is 4.42 Å². The van der Waals surface area contributed by atoms with Crippen molar-refractivity contribution in [2.45, 2.75) is 32.9 Å². The molecular formula is C20H24N6O2. The lowest BCUT2D eigenvalue weighted by molar-refractivity contribution is 0.0913. The van der Waals surface area contributed by atoms with E-state index in [2.05, 4.69) is 39.4 Å². The minimum atomic E-state index is -0.202. The zero-order valence-electron chi connectivity index (χ0n) is 16.1. The Labute approximate surface area is 163 Å². The number of amides is 1. The van der Waals surface area contributed by atoms with Gasteiger partial charge < -0.3 is 14.6 Å². The summed E-state index contributed by atoms with van der Waals surface area (Å²) in [6.07, 6.45) is 6.21. The first-order chi connectivity index (χ1) is 13.6. The number of nitrogens with zero attached hydrogens (tertiary/aromatic N) is 5. The molecule has 3 aromatic heterocycles. The third-order valence-corrected chi connectivity index (χ3v) is 4.71. The molecule has 0 bridgehead atoms. The second-order valence-corrected chi connectivity index (χ2v) is 7.50. The predicted molar refractivity (Wildman–Crippen MR) is 105 cm³/mol. The third kappa shape index (κ3) is 4.05. The average Bonchev–Trinajstić information content (AvgIpc) is 3.42. The third-order valence-electron chi connectivity index (χ3n) is 4.71. The summed E-state index contributed by atoms with van der Waals surface area (Å²) in [5.74, 6) is 2.10. The lowest BCUT2D eigenvalue weighted by Gasteiger charge is -2.16. The van der Waals surface area contributed by atoms with Crippen molar-refractivity contribution in [1.82, 2.24) is 25.3 Å². The lowest BCUT2D eigenvalue weighted by Crippen LogP contribution is -2.37. The molecule has 146 valence electrons. The Bertz CT molecular complexity index is 933.